The van der Waals surface area contributed by atoms with E-state index in [0.29, 0.717) is 33.6 Å². The Morgan fingerprint density at radius 2 is 1.44 bits per heavy atom. The van der Waals surface area contributed by atoms with Crippen molar-refractivity contribution in [3.05, 3.63) is 94.8 Å². The van der Waals surface area contributed by atoms with Crippen LogP contribution in [0.1, 0.15) is 42.5 Å². The quantitative estimate of drug-likeness (QED) is 0.497. The first-order valence-corrected chi connectivity index (χ1v) is 10.1. The molecule has 7 heteroatoms. The minimum atomic E-state index is -0.382. The molecule has 0 spiro atoms. The molecule has 156 valence electrons. The smallest absolute Gasteiger partial charge is 0.266 e. The van der Waals surface area contributed by atoms with Crippen LogP contribution in [0.15, 0.2) is 66.7 Å². The fourth-order valence-corrected chi connectivity index (χ4v) is 3.72. The third-order valence-corrected chi connectivity index (χ3v) is 5.49. The van der Waals surface area contributed by atoms with Crippen molar-refractivity contribution in [1.82, 2.24) is 9.97 Å². The lowest BCUT2D eigenvalue weighted by molar-refractivity contribution is 0.0925. The Labute approximate surface area is 183 Å². The highest BCUT2D eigenvalue weighted by Gasteiger charge is 2.36. The van der Waals surface area contributed by atoms with Gasteiger partial charge in [0.2, 0.25) is 0 Å². The zero-order chi connectivity index (χ0) is 22.4. The summed E-state index contributed by atoms with van der Waals surface area (Å²) in [5, 5.41) is 2.83. The van der Waals surface area contributed by atoms with Gasteiger partial charge in [0.05, 0.1) is 39.2 Å². The number of rotatable bonds is 3. The lowest BCUT2D eigenvalue weighted by Crippen LogP contribution is -2.29. The highest BCUT2D eigenvalue weighted by molar-refractivity contribution is 6.34. The summed E-state index contributed by atoms with van der Waals surface area (Å²) >= 11 is 0. The van der Waals surface area contributed by atoms with Crippen LogP contribution in [0.5, 0.6) is 0 Å². The van der Waals surface area contributed by atoms with Crippen LogP contribution in [0.3, 0.4) is 0 Å². The summed E-state index contributed by atoms with van der Waals surface area (Å²) < 4.78 is 0. The molecule has 4 aromatic rings. The van der Waals surface area contributed by atoms with E-state index in [9.17, 15) is 14.4 Å². The Morgan fingerprint density at radius 1 is 0.781 bits per heavy atom. The maximum Gasteiger partial charge on any atom is 0.266 e. The summed E-state index contributed by atoms with van der Waals surface area (Å²) in [6.07, 6.45) is 0. The fraction of sp³-hybridized carbons (Fsp3) is 0.0800. The molecule has 0 radical (unpaired) electrons. The maximum atomic E-state index is 12.8. The van der Waals surface area contributed by atoms with Gasteiger partial charge in [-0.3, -0.25) is 14.4 Å². The molecule has 3 amide bonds. The number of aromatic nitrogens is 2. The van der Waals surface area contributed by atoms with E-state index in [1.165, 1.54) is 0 Å². The van der Waals surface area contributed by atoms with Crippen LogP contribution < -0.4 is 10.2 Å². The van der Waals surface area contributed by atoms with Crippen molar-refractivity contribution in [2.24, 2.45) is 0 Å². The highest BCUT2D eigenvalue weighted by atomic mass is 16.2. The molecule has 3 aromatic carbocycles. The second-order valence-corrected chi connectivity index (χ2v) is 7.59. The number of hydrogen-bond acceptors (Lipinski definition) is 5. The van der Waals surface area contributed by atoms with E-state index in [0.717, 1.165) is 21.8 Å². The number of carbonyl (C=O) groups is 3. The molecule has 0 unspecified atom stereocenters. The van der Waals surface area contributed by atoms with Gasteiger partial charge in [-0.1, -0.05) is 18.2 Å². The zero-order valence-corrected chi connectivity index (χ0v) is 17.4. The summed E-state index contributed by atoms with van der Waals surface area (Å²) in [6.45, 7) is 3.77. The first kappa shape index (κ1) is 19.6. The van der Waals surface area contributed by atoms with Gasteiger partial charge in [0, 0.05) is 11.3 Å². The lowest BCUT2D eigenvalue weighted by atomic mass is 10.1. The standard InChI is InChI=1S/C25H18N4O3/c1-14-15(2)27-22-12-16(10-11-21(22)26-14)23(30)28-17-6-5-7-18(13-17)29-24(31)19-8-3-4-9-20(19)25(29)32/h3-13H,1-2H3,(H,28,30). The number of aryl methyl sites for hydroxylation is 2. The number of amides is 3. The molecule has 0 fully saturated rings. The Hall–Kier alpha value is -4.39. The van der Waals surface area contributed by atoms with Gasteiger partial charge in [0.1, 0.15) is 0 Å². The lowest BCUT2D eigenvalue weighted by Gasteiger charge is -2.15. The normalized spacial score (nSPS) is 12.9. The van der Waals surface area contributed by atoms with Crippen molar-refractivity contribution in [3.63, 3.8) is 0 Å². The van der Waals surface area contributed by atoms with Gasteiger partial charge >= 0.3 is 0 Å². The summed E-state index contributed by atoms with van der Waals surface area (Å²) in [4.78, 5) is 48.4. The average Bonchev–Trinajstić information content (AvgIpc) is 3.05. The van der Waals surface area contributed by atoms with E-state index in [4.69, 9.17) is 0 Å². The van der Waals surface area contributed by atoms with Gasteiger partial charge < -0.3 is 5.32 Å². The number of nitrogens with one attached hydrogen (secondary N) is 1. The molecule has 0 saturated heterocycles. The number of carbonyl (C=O) groups excluding carboxylic acids is 3. The fourth-order valence-electron chi connectivity index (χ4n) is 3.72. The van der Waals surface area contributed by atoms with Crippen LogP contribution in [0.25, 0.3) is 11.0 Å². The maximum absolute atomic E-state index is 12.8. The van der Waals surface area contributed by atoms with Crippen molar-refractivity contribution in [2.75, 3.05) is 10.2 Å². The second kappa shape index (κ2) is 7.39. The van der Waals surface area contributed by atoms with Crippen LogP contribution in [0.4, 0.5) is 11.4 Å². The van der Waals surface area contributed by atoms with Crippen molar-refractivity contribution in [2.45, 2.75) is 13.8 Å². The molecule has 7 nitrogen and oxygen atoms in total. The summed E-state index contributed by atoms with van der Waals surface area (Å²) in [5.41, 5.74) is 5.05. The minimum absolute atomic E-state index is 0.327. The molecule has 0 aliphatic carbocycles. The van der Waals surface area contributed by atoms with Crippen molar-refractivity contribution >= 4 is 40.1 Å². The molecule has 0 saturated carbocycles. The molecule has 1 aliphatic heterocycles. The number of nitrogens with zero attached hydrogens (tertiary/aromatic N) is 3. The highest BCUT2D eigenvalue weighted by Crippen LogP contribution is 2.30. The zero-order valence-electron chi connectivity index (χ0n) is 17.4. The third-order valence-electron chi connectivity index (χ3n) is 5.49. The van der Waals surface area contributed by atoms with Crippen molar-refractivity contribution in [3.8, 4) is 0 Å². The Bertz CT molecular complexity index is 1410. The molecule has 32 heavy (non-hydrogen) atoms. The van der Waals surface area contributed by atoms with E-state index >= 15 is 0 Å². The van der Waals surface area contributed by atoms with E-state index in [1.54, 1.807) is 66.7 Å². The van der Waals surface area contributed by atoms with Gasteiger partial charge in [0.25, 0.3) is 17.7 Å². The average molecular weight is 422 g/mol. The first-order chi connectivity index (χ1) is 15.4. The molecule has 0 atom stereocenters. The molecule has 1 aromatic heterocycles. The topological polar surface area (TPSA) is 92.3 Å². The van der Waals surface area contributed by atoms with Crippen LogP contribution in [0.2, 0.25) is 0 Å². The second-order valence-electron chi connectivity index (χ2n) is 7.59. The molecule has 5 rings (SSSR count). The van der Waals surface area contributed by atoms with Gasteiger partial charge in [-0.15, -0.1) is 0 Å². The Balaban J connectivity index is 1.42. The number of hydrogen-bond donors (Lipinski definition) is 1. The van der Waals surface area contributed by atoms with Gasteiger partial charge in [0.15, 0.2) is 0 Å². The number of anilines is 2. The Morgan fingerprint density at radius 3 is 2.12 bits per heavy atom. The van der Waals surface area contributed by atoms with Crippen molar-refractivity contribution in [1.29, 1.82) is 0 Å². The first-order valence-electron chi connectivity index (χ1n) is 10.1. The van der Waals surface area contributed by atoms with Crippen LogP contribution in [0, 0.1) is 13.8 Å². The summed E-state index contributed by atoms with van der Waals surface area (Å²) in [7, 11) is 0. The largest absolute Gasteiger partial charge is 0.322 e. The van der Waals surface area contributed by atoms with Gasteiger partial charge in [-0.25, -0.2) is 14.9 Å². The number of imide groups is 1. The molecule has 1 N–H and O–H groups in total. The van der Waals surface area contributed by atoms with Crippen molar-refractivity contribution < 1.29 is 14.4 Å². The molecular weight excluding hydrogens is 404 g/mol. The Kier molecular flexibility index (Phi) is 4.52. The number of benzene rings is 3. The minimum Gasteiger partial charge on any atom is -0.322 e. The summed E-state index contributed by atoms with van der Waals surface area (Å²) in [6, 6.07) is 18.5. The predicted octanol–water partition coefficient (Wildman–Crippen LogP) is 4.30. The summed E-state index contributed by atoms with van der Waals surface area (Å²) in [5.74, 6) is -1.09. The van der Waals surface area contributed by atoms with E-state index in [1.807, 2.05) is 13.8 Å². The monoisotopic (exact) mass is 422 g/mol. The predicted molar refractivity (Wildman–Crippen MR) is 121 cm³/mol. The molecule has 2 heterocycles. The van der Waals surface area contributed by atoms with Crippen LogP contribution in [-0.2, 0) is 0 Å². The number of fused-ring (bicyclic) bond motifs is 2. The van der Waals surface area contributed by atoms with Gasteiger partial charge in [-0.2, -0.15) is 0 Å². The molecule has 0 bridgehead atoms. The molecular formula is C25H18N4O3. The van der Waals surface area contributed by atoms with E-state index in [2.05, 4.69) is 15.3 Å². The van der Waals surface area contributed by atoms with Crippen LogP contribution >= 0.6 is 0 Å². The van der Waals surface area contributed by atoms with E-state index in [-0.39, 0.29) is 17.7 Å². The molecule has 1 aliphatic rings. The van der Waals surface area contributed by atoms with Crippen LogP contribution in [-0.4, -0.2) is 27.7 Å². The van der Waals surface area contributed by atoms with E-state index < -0.39 is 0 Å². The third kappa shape index (κ3) is 3.20. The SMILES string of the molecule is Cc1nc2ccc(C(=O)Nc3cccc(N4C(=O)c5ccccc5C4=O)c3)cc2nc1C. The van der Waals surface area contributed by atoms with Gasteiger partial charge in [-0.05, 0) is 62.4 Å².